The molecule has 0 amide bonds. The quantitative estimate of drug-likeness (QED) is 0.0161. The largest absolute Gasteiger partial charge is 0.573 e. The molecule has 0 radical (unpaired) electrons. The standard InChI is InChI=1S/C28H22F3N5O2.C28H28N4O2.C27H27N5O.C27H26N4O2.CH4/c1-32-21-4-3-5-22(18-21)34-27-33-15-14-26(35-27)36(2)23-10-6-19(7-11-23)16-24(37)17-20-8-12-25(13-9-20)38-28(29,30)31;1-20-7-9-21(10-8-20)17-25(33)18-22-11-13-24(14-12-22)32(2)27-15-16-29-28(31-27)30-23-5-4-6-26(19-23)34-3;1-19-6-8-20(9-7-19)16-25(33)17-21-10-12-24(13-11-21)32(2)26-14-15-29-27(31-26)30-23-5-3-4-22(28)18-23;1-19-6-8-20(9-7-19)16-25(33)17-21-10-12-23(13-11-21)31(2)26-14-15-28-27(30-26)29-22-4-3-5-24(32)18-22;/h3-15,18H,16-17H2,2H3,(H,33,34,35);4-16,19H,17-18H2,1-3H3,(H,29,30,31);3-15,18H,16-17,28H2,1-2H3,(H,29,30,31);3-15,18,32H,16-17H2,1-2H3,(H,28,29,30);1H4. The van der Waals surface area contributed by atoms with E-state index in [2.05, 4.69) is 70.7 Å². The number of methoxy groups -OCH3 is 1. The first-order valence-corrected chi connectivity index (χ1v) is 44.2. The maximum Gasteiger partial charge on any atom is 0.573 e. The Kier molecular flexibility index (Phi) is 35.4. The van der Waals surface area contributed by atoms with E-state index >= 15 is 0 Å². The van der Waals surface area contributed by atoms with E-state index in [-0.39, 0.29) is 54.9 Å². The molecule has 25 nitrogen and oxygen atoms in total. The number of halogens is 3. The molecule has 16 rings (SSSR count). The summed E-state index contributed by atoms with van der Waals surface area (Å²) >= 11 is 0. The van der Waals surface area contributed by atoms with Crippen LogP contribution in [0.1, 0.15) is 68.6 Å². The summed E-state index contributed by atoms with van der Waals surface area (Å²) in [6, 6.07) is 97.2. The van der Waals surface area contributed by atoms with Gasteiger partial charge >= 0.3 is 6.36 Å². The van der Waals surface area contributed by atoms with Crippen molar-refractivity contribution in [2.45, 2.75) is 85.9 Å². The highest BCUT2D eigenvalue weighted by atomic mass is 19.4. The molecule has 0 unspecified atom stereocenters. The van der Waals surface area contributed by atoms with Gasteiger partial charge in [-0.05, 0) is 205 Å². The van der Waals surface area contributed by atoms with Crippen LogP contribution >= 0.6 is 0 Å². The zero-order valence-corrected chi connectivity index (χ0v) is 77.4. The van der Waals surface area contributed by atoms with Gasteiger partial charge in [0.1, 0.15) is 63.7 Å². The summed E-state index contributed by atoms with van der Waals surface area (Å²) in [4.78, 5) is 96.6. The number of nitrogens with zero attached hydrogens (tertiary/aromatic N) is 13. The third-order valence-corrected chi connectivity index (χ3v) is 21.8. The Morgan fingerprint density at radius 2 is 0.619 bits per heavy atom. The van der Waals surface area contributed by atoms with Crippen LogP contribution in [0.25, 0.3) is 4.85 Å². The first-order valence-electron chi connectivity index (χ1n) is 44.2. The normalized spacial score (nSPS) is 10.6. The van der Waals surface area contributed by atoms with Crippen molar-refractivity contribution in [3.05, 3.63) is 413 Å². The van der Waals surface area contributed by atoms with Crippen LogP contribution in [-0.2, 0) is 70.5 Å². The summed E-state index contributed by atoms with van der Waals surface area (Å²) in [6.45, 7) is 13.3. The third kappa shape index (κ3) is 31.6. The molecular formula is C111H107F3N18O7. The van der Waals surface area contributed by atoms with Crippen LogP contribution < -0.4 is 56.1 Å². The van der Waals surface area contributed by atoms with Gasteiger partial charge in [0.05, 0.1) is 13.7 Å². The average molecular weight is 1860 g/mol. The molecule has 28 heteroatoms. The van der Waals surface area contributed by atoms with Crippen molar-refractivity contribution in [1.82, 2.24) is 39.9 Å². The van der Waals surface area contributed by atoms with Crippen LogP contribution in [-0.4, -0.2) is 110 Å². The van der Waals surface area contributed by atoms with Gasteiger partial charge in [0.2, 0.25) is 23.8 Å². The van der Waals surface area contributed by atoms with Crippen LogP contribution in [0.15, 0.2) is 340 Å². The Labute approximate surface area is 807 Å². The Balaban J connectivity index is 0.000000166. The van der Waals surface area contributed by atoms with Crippen molar-refractivity contribution in [2.24, 2.45) is 0 Å². The fourth-order valence-corrected chi connectivity index (χ4v) is 14.3. The molecule has 0 aliphatic carbocycles. The number of rotatable bonds is 34. The second-order valence-corrected chi connectivity index (χ2v) is 32.6. The first kappa shape index (κ1) is 101. The maximum absolute atomic E-state index is 12.5. The number of aromatic nitrogens is 8. The zero-order valence-electron chi connectivity index (χ0n) is 77.4. The van der Waals surface area contributed by atoms with Gasteiger partial charge in [-0.15, -0.1) is 13.2 Å². The van der Waals surface area contributed by atoms with Crippen LogP contribution in [0.3, 0.4) is 0 Å². The van der Waals surface area contributed by atoms with E-state index in [1.165, 1.54) is 41.0 Å². The molecule has 0 saturated heterocycles. The highest BCUT2D eigenvalue weighted by molar-refractivity contribution is 5.86. The van der Waals surface area contributed by atoms with E-state index in [4.69, 9.17) is 17.0 Å². The minimum absolute atomic E-state index is 0. The number of aromatic hydroxyl groups is 1. The Morgan fingerprint density at radius 3 is 0.906 bits per heavy atom. The van der Waals surface area contributed by atoms with Crippen LogP contribution in [0.4, 0.5) is 117 Å². The number of carbonyl (C=O) groups excluding carboxylic acids is 4. The van der Waals surface area contributed by atoms with E-state index in [0.29, 0.717) is 96.4 Å². The summed E-state index contributed by atoms with van der Waals surface area (Å²) in [7, 11) is 9.33. The molecule has 7 N–H and O–H groups in total. The number of carbonyl (C=O) groups is 4. The number of ketones is 4. The van der Waals surface area contributed by atoms with Gasteiger partial charge < -0.3 is 61.2 Å². The smallest absolute Gasteiger partial charge is 0.508 e. The lowest BCUT2D eigenvalue weighted by molar-refractivity contribution is -0.274. The molecule has 139 heavy (non-hydrogen) atoms. The van der Waals surface area contributed by atoms with Crippen LogP contribution in [0, 0.1) is 27.3 Å². The second kappa shape index (κ2) is 49.0. The lowest BCUT2D eigenvalue weighted by atomic mass is 10.0. The molecule has 0 aliphatic heterocycles. The number of aryl methyl sites for hydroxylation is 3. The molecular weight excluding hydrogens is 1750 g/mol. The zero-order chi connectivity index (χ0) is 97.5. The Bertz CT molecular complexity index is 6620. The number of nitrogens with two attached hydrogens (primary N) is 1. The number of nitrogens with one attached hydrogen (secondary N) is 4. The Hall–Kier alpha value is -17.5. The second-order valence-electron chi connectivity index (χ2n) is 32.6. The molecule has 4 heterocycles. The number of hydrogen-bond donors (Lipinski definition) is 6. The van der Waals surface area contributed by atoms with Crippen molar-refractivity contribution in [2.75, 3.05) is 81.9 Å². The van der Waals surface area contributed by atoms with E-state index in [0.717, 1.165) is 96.3 Å². The van der Waals surface area contributed by atoms with Gasteiger partial charge in [-0.3, -0.25) is 19.2 Å². The molecule has 4 aromatic heterocycles. The van der Waals surface area contributed by atoms with Crippen LogP contribution in [0.2, 0.25) is 0 Å². The SMILES string of the molecule is C.COc1cccc(Nc2nccc(N(C)c3ccc(CC(=O)Cc4ccc(C)cc4)cc3)n2)c1.Cc1ccc(CC(=O)Cc2ccc(N(C)c3ccnc(Nc4cccc(N)c4)n3)cc2)cc1.Cc1ccc(CC(=O)Cc2ccc(N(C)c3ccnc(Nc4cccc(O)c4)n3)cc2)cc1.[C-]#[N+]c1cccc(Nc2nccc(N(C)c3ccc(CC(=O)Cc4ccc(OC(F)(F)F)cc4)cc3)n2)c1. The molecule has 16 aromatic rings. The first-order chi connectivity index (χ1) is 66.6. The van der Waals surface area contributed by atoms with Gasteiger partial charge in [0, 0.05) is 168 Å². The fourth-order valence-electron chi connectivity index (χ4n) is 14.3. The number of nitrogen functional groups attached to an aromatic ring is 1. The number of phenols is 1. The van der Waals surface area contributed by atoms with Crippen molar-refractivity contribution < 1.29 is 46.9 Å². The summed E-state index contributed by atoms with van der Waals surface area (Å²) in [5.41, 5.74) is 25.0. The highest BCUT2D eigenvalue weighted by Crippen LogP contribution is 2.33. The lowest BCUT2D eigenvalue weighted by Crippen LogP contribution is -2.17. The number of Topliss-reactive ketones (excluding diaryl/α,β-unsaturated/α-hetero) is 4. The molecule has 0 spiro atoms. The molecule has 0 saturated carbocycles. The summed E-state index contributed by atoms with van der Waals surface area (Å²) < 4.78 is 46.0. The van der Waals surface area contributed by atoms with Crippen molar-refractivity contribution in [1.29, 1.82) is 0 Å². The average Bonchev–Trinajstić information content (AvgIpc) is 0.839. The van der Waals surface area contributed by atoms with E-state index < -0.39 is 6.36 Å². The van der Waals surface area contributed by atoms with Gasteiger partial charge in [-0.1, -0.05) is 188 Å². The van der Waals surface area contributed by atoms with Gasteiger partial charge in [-0.25, -0.2) is 24.8 Å². The number of phenolic OH excluding ortho intramolecular Hbond substituents is 1. The highest BCUT2D eigenvalue weighted by Gasteiger charge is 2.31. The van der Waals surface area contributed by atoms with E-state index in [1.807, 2.05) is 317 Å². The monoisotopic (exact) mass is 1860 g/mol. The number of alkyl halides is 3. The fraction of sp³-hybridized carbons (Fsp3) is 0.162. The van der Waals surface area contributed by atoms with Gasteiger partial charge in [-0.2, -0.15) is 19.9 Å². The number of ether oxygens (including phenoxy) is 2. The molecule has 0 bridgehead atoms. The molecule has 0 atom stereocenters. The molecule has 0 fully saturated rings. The number of anilines is 17. The maximum atomic E-state index is 12.5. The predicted molar refractivity (Wildman–Crippen MR) is 547 cm³/mol. The molecule has 704 valence electrons. The Morgan fingerprint density at radius 1 is 0.353 bits per heavy atom. The topological polar surface area (TPSA) is 302 Å². The van der Waals surface area contributed by atoms with Crippen molar-refractivity contribution in [3.63, 3.8) is 0 Å². The van der Waals surface area contributed by atoms with Crippen LogP contribution in [0.5, 0.6) is 17.2 Å². The van der Waals surface area contributed by atoms with E-state index in [9.17, 15) is 37.5 Å². The van der Waals surface area contributed by atoms with Gasteiger partial charge in [0.15, 0.2) is 5.69 Å². The number of hydrogen-bond acceptors (Lipinski definition) is 24. The van der Waals surface area contributed by atoms with Crippen molar-refractivity contribution in [3.8, 4) is 17.2 Å². The predicted octanol–water partition coefficient (Wildman–Crippen LogP) is 23.7. The summed E-state index contributed by atoms with van der Waals surface area (Å²) in [5.74, 6) is 5.81. The minimum atomic E-state index is -4.75. The summed E-state index contributed by atoms with van der Waals surface area (Å²) in [6.07, 6.45) is 4.87. The summed E-state index contributed by atoms with van der Waals surface area (Å²) in [5, 5.41) is 22.2. The molecule has 12 aromatic carbocycles. The minimum Gasteiger partial charge on any atom is -0.508 e. The lowest BCUT2D eigenvalue weighted by Gasteiger charge is -2.19. The molecule has 0 aliphatic rings. The third-order valence-electron chi connectivity index (χ3n) is 21.8. The van der Waals surface area contributed by atoms with E-state index in [1.54, 1.807) is 74.4 Å². The van der Waals surface area contributed by atoms with Gasteiger partial charge in [0.25, 0.3) is 0 Å². The van der Waals surface area contributed by atoms with Crippen molar-refractivity contribution >= 4 is 127 Å². The number of benzene rings is 12.